The molecule has 2 heterocycles. The first kappa shape index (κ1) is 19.0. The normalized spacial score (nSPS) is 23.6. The van der Waals surface area contributed by atoms with E-state index >= 15 is 0 Å². The Balaban J connectivity index is 1.53. The van der Waals surface area contributed by atoms with Gasteiger partial charge in [-0.3, -0.25) is 9.59 Å². The number of carbonyl (C=O) groups excluding carboxylic acids is 2. The smallest absolute Gasteiger partial charge is 0.321 e. The fourth-order valence-corrected chi connectivity index (χ4v) is 3.42. The summed E-state index contributed by atoms with van der Waals surface area (Å²) in [6, 6.07) is 6.45. The first-order chi connectivity index (χ1) is 12.9. The second-order valence-electron chi connectivity index (χ2n) is 6.78. The quantitative estimate of drug-likeness (QED) is 0.674. The number of carboxylic acid groups (broad SMARTS) is 1. The van der Waals surface area contributed by atoms with E-state index in [2.05, 4.69) is 10.6 Å². The predicted octanol–water partition coefficient (Wildman–Crippen LogP) is 0.766. The van der Waals surface area contributed by atoms with Crippen molar-refractivity contribution in [1.29, 1.82) is 0 Å². The fraction of sp³-hybridized carbons (Fsp3) is 0.500. The van der Waals surface area contributed by atoms with Crippen LogP contribution in [0.25, 0.3) is 0 Å². The zero-order valence-electron chi connectivity index (χ0n) is 15.1. The monoisotopic (exact) mass is 377 g/mol. The van der Waals surface area contributed by atoms with Gasteiger partial charge in [-0.25, -0.2) is 4.79 Å². The molecule has 27 heavy (non-hydrogen) atoms. The van der Waals surface area contributed by atoms with E-state index in [0.717, 1.165) is 0 Å². The SMILES string of the molecule is CNC(=O)CCOc1ccc(NC(=O)N2C[C@@H]3COC[C@]3(C(=O)O)C2)cc1. The Morgan fingerprint density at radius 2 is 2.07 bits per heavy atom. The molecule has 2 aliphatic heterocycles. The largest absolute Gasteiger partial charge is 0.493 e. The van der Waals surface area contributed by atoms with Crippen molar-refractivity contribution in [3.63, 3.8) is 0 Å². The topological polar surface area (TPSA) is 117 Å². The number of rotatable bonds is 6. The molecule has 2 aliphatic rings. The van der Waals surface area contributed by atoms with Crippen LogP contribution in [0, 0.1) is 11.3 Å². The highest BCUT2D eigenvalue weighted by Crippen LogP contribution is 2.41. The number of fused-ring (bicyclic) bond motifs is 1. The zero-order chi connectivity index (χ0) is 19.4. The maximum Gasteiger partial charge on any atom is 0.321 e. The Morgan fingerprint density at radius 1 is 1.33 bits per heavy atom. The van der Waals surface area contributed by atoms with Gasteiger partial charge in [-0.1, -0.05) is 0 Å². The third kappa shape index (κ3) is 3.97. The maximum absolute atomic E-state index is 12.5. The maximum atomic E-state index is 12.5. The number of aliphatic carboxylic acids is 1. The van der Waals surface area contributed by atoms with E-state index in [9.17, 15) is 19.5 Å². The lowest BCUT2D eigenvalue weighted by Crippen LogP contribution is -2.41. The lowest BCUT2D eigenvalue weighted by Gasteiger charge is -2.22. The zero-order valence-corrected chi connectivity index (χ0v) is 15.1. The van der Waals surface area contributed by atoms with Crippen molar-refractivity contribution >= 4 is 23.6 Å². The second kappa shape index (κ2) is 7.83. The molecule has 3 N–H and O–H groups in total. The number of amides is 3. The number of carbonyl (C=O) groups is 3. The van der Waals surface area contributed by atoms with Crippen LogP contribution in [0.2, 0.25) is 0 Å². The van der Waals surface area contributed by atoms with E-state index in [1.54, 1.807) is 31.3 Å². The van der Waals surface area contributed by atoms with E-state index in [1.165, 1.54) is 4.90 Å². The summed E-state index contributed by atoms with van der Waals surface area (Å²) in [4.78, 5) is 36.8. The average molecular weight is 377 g/mol. The van der Waals surface area contributed by atoms with E-state index in [1.807, 2.05) is 0 Å². The summed E-state index contributed by atoms with van der Waals surface area (Å²) >= 11 is 0. The number of likely N-dealkylation sites (tertiary alicyclic amines) is 1. The van der Waals surface area contributed by atoms with Gasteiger partial charge in [0.25, 0.3) is 0 Å². The number of nitrogens with zero attached hydrogens (tertiary/aromatic N) is 1. The van der Waals surface area contributed by atoms with Gasteiger partial charge in [0.15, 0.2) is 0 Å². The first-order valence-electron chi connectivity index (χ1n) is 8.75. The number of hydrogen-bond acceptors (Lipinski definition) is 5. The number of urea groups is 1. The molecule has 9 nitrogen and oxygen atoms in total. The molecule has 1 aromatic carbocycles. The number of hydrogen-bond donors (Lipinski definition) is 3. The molecule has 2 saturated heterocycles. The van der Waals surface area contributed by atoms with Crippen molar-refractivity contribution in [2.75, 3.05) is 45.3 Å². The van der Waals surface area contributed by atoms with E-state index in [4.69, 9.17) is 9.47 Å². The molecule has 2 fully saturated rings. The van der Waals surface area contributed by atoms with Crippen molar-refractivity contribution in [3.8, 4) is 5.75 Å². The third-order valence-corrected chi connectivity index (χ3v) is 5.07. The van der Waals surface area contributed by atoms with Gasteiger partial charge in [0.05, 0.1) is 26.2 Å². The molecule has 3 rings (SSSR count). The molecular weight excluding hydrogens is 354 g/mol. The van der Waals surface area contributed by atoms with Crippen LogP contribution >= 0.6 is 0 Å². The van der Waals surface area contributed by atoms with Gasteiger partial charge < -0.3 is 30.1 Å². The lowest BCUT2D eigenvalue weighted by molar-refractivity contribution is -0.149. The summed E-state index contributed by atoms with van der Waals surface area (Å²) in [6.07, 6.45) is 0.264. The summed E-state index contributed by atoms with van der Waals surface area (Å²) in [5.41, 5.74) is -0.420. The molecule has 0 aliphatic carbocycles. The van der Waals surface area contributed by atoms with Gasteiger partial charge in [-0.15, -0.1) is 0 Å². The Bertz CT molecular complexity index is 722. The summed E-state index contributed by atoms with van der Waals surface area (Å²) in [5.74, 6) is -0.608. The van der Waals surface area contributed by atoms with Crippen LogP contribution < -0.4 is 15.4 Å². The molecule has 0 bridgehead atoms. The molecular formula is C18H23N3O6. The molecule has 0 aromatic heterocycles. The van der Waals surface area contributed by atoms with Crippen LogP contribution in [0.15, 0.2) is 24.3 Å². The van der Waals surface area contributed by atoms with Crippen LogP contribution in [-0.4, -0.2) is 67.9 Å². The second-order valence-corrected chi connectivity index (χ2v) is 6.78. The number of anilines is 1. The highest BCUT2D eigenvalue weighted by molar-refractivity contribution is 5.90. The fourth-order valence-electron chi connectivity index (χ4n) is 3.42. The lowest BCUT2D eigenvalue weighted by atomic mass is 9.81. The number of carboxylic acids is 1. The Kier molecular flexibility index (Phi) is 5.50. The van der Waals surface area contributed by atoms with Gasteiger partial charge in [0.2, 0.25) is 5.91 Å². The van der Waals surface area contributed by atoms with Crippen LogP contribution in [-0.2, 0) is 14.3 Å². The van der Waals surface area contributed by atoms with Gasteiger partial charge in [-0.05, 0) is 24.3 Å². The van der Waals surface area contributed by atoms with Crippen molar-refractivity contribution in [3.05, 3.63) is 24.3 Å². The molecule has 2 atom stereocenters. The van der Waals surface area contributed by atoms with E-state index in [-0.39, 0.29) is 44.0 Å². The highest BCUT2D eigenvalue weighted by Gasteiger charge is 2.57. The minimum atomic E-state index is -1.00. The standard InChI is InChI=1S/C18H23N3O6/c1-19-15(22)6-7-27-14-4-2-13(3-5-14)20-17(25)21-8-12-9-26-11-18(12,10-21)16(23)24/h2-5,12H,6-11H2,1H3,(H,19,22)(H,20,25)(H,23,24)/t12-,18-/m1/s1. The molecule has 0 radical (unpaired) electrons. The van der Waals surface area contributed by atoms with Crippen LogP contribution in [0.5, 0.6) is 5.75 Å². The molecule has 146 valence electrons. The van der Waals surface area contributed by atoms with Crippen LogP contribution in [0.3, 0.4) is 0 Å². The van der Waals surface area contributed by atoms with E-state index < -0.39 is 11.4 Å². The van der Waals surface area contributed by atoms with Crippen molar-refractivity contribution in [2.24, 2.45) is 11.3 Å². The minimum absolute atomic E-state index is 0.0983. The number of nitrogens with one attached hydrogen (secondary N) is 2. The molecule has 0 unspecified atom stereocenters. The predicted molar refractivity (Wildman–Crippen MR) is 95.6 cm³/mol. The van der Waals surface area contributed by atoms with Crippen LogP contribution in [0.4, 0.5) is 10.5 Å². The summed E-state index contributed by atoms with van der Waals surface area (Å²) in [5, 5.41) is 14.8. The van der Waals surface area contributed by atoms with Crippen molar-refractivity contribution < 1.29 is 29.0 Å². The molecule has 0 spiro atoms. The number of benzene rings is 1. The highest BCUT2D eigenvalue weighted by atomic mass is 16.5. The first-order valence-corrected chi connectivity index (χ1v) is 8.75. The Hall–Kier alpha value is -2.81. The third-order valence-electron chi connectivity index (χ3n) is 5.07. The molecule has 0 saturated carbocycles. The summed E-state index contributed by atoms with van der Waals surface area (Å²) in [7, 11) is 1.57. The molecule has 1 aromatic rings. The Labute approximate surface area is 156 Å². The van der Waals surface area contributed by atoms with Gasteiger partial charge in [0, 0.05) is 31.7 Å². The Morgan fingerprint density at radius 3 is 2.70 bits per heavy atom. The summed E-state index contributed by atoms with van der Waals surface area (Å²) in [6.45, 7) is 1.26. The average Bonchev–Trinajstić information content (AvgIpc) is 3.21. The molecule has 9 heteroatoms. The molecule has 3 amide bonds. The van der Waals surface area contributed by atoms with Crippen LogP contribution in [0.1, 0.15) is 6.42 Å². The summed E-state index contributed by atoms with van der Waals surface area (Å²) < 4.78 is 10.8. The van der Waals surface area contributed by atoms with Gasteiger partial charge >= 0.3 is 12.0 Å². The van der Waals surface area contributed by atoms with Gasteiger partial charge in [0.1, 0.15) is 11.2 Å². The minimum Gasteiger partial charge on any atom is -0.493 e. The van der Waals surface area contributed by atoms with Crippen molar-refractivity contribution in [1.82, 2.24) is 10.2 Å². The van der Waals surface area contributed by atoms with E-state index in [0.29, 0.717) is 24.6 Å². The number of ether oxygens (including phenoxy) is 2. The van der Waals surface area contributed by atoms with Crippen molar-refractivity contribution in [2.45, 2.75) is 6.42 Å². The van der Waals surface area contributed by atoms with Gasteiger partial charge in [-0.2, -0.15) is 0 Å².